The van der Waals surface area contributed by atoms with Gasteiger partial charge in [-0.25, -0.2) is 0 Å². The Kier molecular flexibility index (Phi) is 5.01. The van der Waals surface area contributed by atoms with Crippen LogP contribution in [-0.2, 0) is 4.74 Å². The Morgan fingerprint density at radius 1 is 1.31 bits per heavy atom. The third kappa shape index (κ3) is 5.01. The normalized spacial score (nSPS) is 18.6. The molecule has 0 aliphatic carbocycles. The van der Waals surface area contributed by atoms with E-state index in [1.807, 2.05) is 0 Å². The van der Waals surface area contributed by atoms with Crippen molar-refractivity contribution in [3.63, 3.8) is 0 Å². The van der Waals surface area contributed by atoms with E-state index in [2.05, 4.69) is 23.7 Å². The summed E-state index contributed by atoms with van der Waals surface area (Å²) in [5.74, 6) is 0. The molecule has 0 bridgehead atoms. The van der Waals surface area contributed by atoms with Gasteiger partial charge in [-0.3, -0.25) is 9.89 Å². The minimum atomic E-state index is 0.899. The topological polar surface area (TPSA) is 24.8 Å². The van der Waals surface area contributed by atoms with Crippen LogP contribution in [0.5, 0.6) is 0 Å². The van der Waals surface area contributed by atoms with E-state index in [4.69, 9.17) is 4.74 Å². The van der Waals surface area contributed by atoms with Gasteiger partial charge in [-0.05, 0) is 20.3 Å². The van der Waals surface area contributed by atoms with Gasteiger partial charge < -0.3 is 4.74 Å². The molecular formula is C10H20N2O. The lowest BCUT2D eigenvalue weighted by molar-refractivity contribution is 0.0377. The zero-order valence-electron chi connectivity index (χ0n) is 8.75. The van der Waals surface area contributed by atoms with Crippen molar-refractivity contribution in [3.8, 4) is 0 Å². The van der Waals surface area contributed by atoms with Crippen LogP contribution in [0, 0.1) is 0 Å². The number of ether oxygens (including phenoxy) is 1. The molecule has 1 saturated heterocycles. The second-order valence-corrected chi connectivity index (χ2v) is 3.64. The number of nitrogens with zero attached hydrogens (tertiary/aromatic N) is 2. The second-order valence-electron chi connectivity index (χ2n) is 3.64. The van der Waals surface area contributed by atoms with Crippen molar-refractivity contribution in [2.24, 2.45) is 4.99 Å². The second kappa shape index (κ2) is 6.11. The monoisotopic (exact) mass is 184 g/mol. The Morgan fingerprint density at radius 3 is 2.62 bits per heavy atom. The van der Waals surface area contributed by atoms with E-state index < -0.39 is 0 Å². The van der Waals surface area contributed by atoms with E-state index in [9.17, 15) is 0 Å². The average Bonchev–Trinajstić information content (AvgIpc) is 2.14. The molecule has 0 N–H and O–H groups in total. The van der Waals surface area contributed by atoms with Crippen LogP contribution in [-0.4, -0.2) is 50.0 Å². The van der Waals surface area contributed by atoms with E-state index in [-0.39, 0.29) is 0 Å². The first-order valence-electron chi connectivity index (χ1n) is 5.07. The van der Waals surface area contributed by atoms with Gasteiger partial charge in [0.15, 0.2) is 0 Å². The van der Waals surface area contributed by atoms with Crippen molar-refractivity contribution in [1.29, 1.82) is 0 Å². The Hall–Kier alpha value is -0.410. The Bertz CT molecular complexity index is 158. The summed E-state index contributed by atoms with van der Waals surface area (Å²) in [4.78, 5) is 6.82. The molecule has 1 rings (SSSR count). The Morgan fingerprint density at radius 2 is 2.00 bits per heavy atom. The highest BCUT2D eigenvalue weighted by Gasteiger charge is 2.08. The van der Waals surface area contributed by atoms with Crippen LogP contribution >= 0.6 is 0 Å². The lowest BCUT2D eigenvalue weighted by atomic mass is 10.3. The Labute approximate surface area is 80.8 Å². The lowest BCUT2D eigenvalue weighted by Crippen LogP contribution is -2.37. The molecule has 3 nitrogen and oxygen atoms in total. The van der Waals surface area contributed by atoms with Crippen molar-refractivity contribution < 1.29 is 4.74 Å². The van der Waals surface area contributed by atoms with Gasteiger partial charge in [-0.15, -0.1) is 0 Å². The van der Waals surface area contributed by atoms with Crippen molar-refractivity contribution >= 4 is 5.71 Å². The molecule has 0 saturated carbocycles. The predicted molar refractivity (Wildman–Crippen MR) is 55.5 cm³/mol. The molecule has 13 heavy (non-hydrogen) atoms. The largest absolute Gasteiger partial charge is 0.379 e. The highest BCUT2D eigenvalue weighted by Crippen LogP contribution is 1.97. The molecule has 0 atom stereocenters. The molecule has 0 aromatic carbocycles. The molecule has 1 aliphatic heterocycles. The predicted octanol–water partition coefficient (Wildman–Crippen LogP) is 1.19. The van der Waals surface area contributed by atoms with Crippen LogP contribution in [0.15, 0.2) is 4.99 Å². The van der Waals surface area contributed by atoms with Crippen LogP contribution in [0.2, 0.25) is 0 Å². The van der Waals surface area contributed by atoms with E-state index in [1.54, 1.807) is 0 Å². The zero-order chi connectivity index (χ0) is 9.52. The van der Waals surface area contributed by atoms with Crippen LogP contribution in [0.25, 0.3) is 0 Å². The van der Waals surface area contributed by atoms with Gasteiger partial charge in [0.25, 0.3) is 0 Å². The highest BCUT2D eigenvalue weighted by atomic mass is 16.5. The average molecular weight is 184 g/mol. The first-order chi connectivity index (χ1) is 6.29. The van der Waals surface area contributed by atoms with E-state index >= 15 is 0 Å². The number of hydrogen-bond acceptors (Lipinski definition) is 3. The standard InChI is InChI=1S/C10H20N2O/c1-10(2)11-4-3-5-12-6-8-13-9-7-12/h3-9H2,1-2H3. The summed E-state index contributed by atoms with van der Waals surface area (Å²) < 4.78 is 5.28. The molecule has 0 unspecified atom stereocenters. The third-order valence-corrected chi connectivity index (χ3v) is 2.16. The fraction of sp³-hybridized carbons (Fsp3) is 0.900. The van der Waals surface area contributed by atoms with Gasteiger partial charge in [-0.1, -0.05) is 0 Å². The smallest absolute Gasteiger partial charge is 0.0594 e. The number of hydrogen-bond donors (Lipinski definition) is 0. The molecule has 0 aromatic rings. The maximum Gasteiger partial charge on any atom is 0.0594 e. The van der Waals surface area contributed by atoms with Gasteiger partial charge in [0, 0.05) is 31.9 Å². The SMILES string of the molecule is CC(C)=NCCCN1CCOCC1. The lowest BCUT2D eigenvalue weighted by Gasteiger charge is -2.26. The summed E-state index contributed by atoms with van der Waals surface area (Å²) in [6.07, 6.45) is 1.17. The molecule has 3 heteroatoms. The minimum absolute atomic E-state index is 0.899. The van der Waals surface area contributed by atoms with Gasteiger partial charge in [0.1, 0.15) is 0 Å². The highest BCUT2D eigenvalue weighted by molar-refractivity contribution is 5.78. The van der Waals surface area contributed by atoms with Gasteiger partial charge in [0.05, 0.1) is 13.2 Å². The number of morpholine rings is 1. The quantitative estimate of drug-likeness (QED) is 0.484. The summed E-state index contributed by atoms with van der Waals surface area (Å²) in [5.41, 5.74) is 1.18. The maximum atomic E-state index is 5.28. The van der Waals surface area contributed by atoms with Crippen molar-refractivity contribution in [2.45, 2.75) is 20.3 Å². The molecule has 0 spiro atoms. The summed E-state index contributed by atoms with van der Waals surface area (Å²) in [6.45, 7) is 10.2. The van der Waals surface area contributed by atoms with Crippen molar-refractivity contribution in [1.82, 2.24) is 4.90 Å². The van der Waals surface area contributed by atoms with E-state index in [0.29, 0.717) is 0 Å². The molecule has 1 heterocycles. The van der Waals surface area contributed by atoms with Crippen LogP contribution in [0.4, 0.5) is 0 Å². The van der Waals surface area contributed by atoms with Crippen molar-refractivity contribution in [2.75, 3.05) is 39.4 Å². The zero-order valence-corrected chi connectivity index (χ0v) is 8.75. The molecule has 0 radical (unpaired) electrons. The first kappa shape index (κ1) is 10.7. The van der Waals surface area contributed by atoms with Crippen LogP contribution in [0.3, 0.4) is 0 Å². The van der Waals surface area contributed by atoms with Crippen LogP contribution < -0.4 is 0 Å². The molecule has 1 aliphatic rings. The van der Waals surface area contributed by atoms with Gasteiger partial charge in [0.2, 0.25) is 0 Å². The van der Waals surface area contributed by atoms with E-state index in [1.165, 1.54) is 18.7 Å². The van der Waals surface area contributed by atoms with Gasteiger partial charge >= 0.3 is 0 Å². The fourth-order valence-electron chi connectivity index (χ4n) is 1.42. The molecule has 0 aromatic heterocycles. The summed E-state index contributed by atoms with van der Waals surface area (Å²) in [7, 11) is 0. The Balaban J connectivity index is 2.01. The third-order valence-electron chi connectivity index (χ3n) is 2.16. The first-order valence-corrected chi connectivity index (χ1v) is 5.07. The fourth-order valence-corrected chi connectivity index (χ4v) is 1.42. The summed E-state index contributed by atoms with van der Waals surface area (Å²) >= 11 is 0. The molecule has 1 fully saturated rings. The van der Waals surface area contributed by atoms with Gasteiger partial charge in [-0.2, -0.15) is 0 Å². The number of rotatable bonds is 4. The maximum absolute atomic E-state index is 5.28. The molecule has 0 amide bonds. The summed E-state index contributed by atoms with van der Waals surface area (Å²) in [6, 6.07) is 0. The molecule has 76 valence electrons. The molecular weight excluding hydrogens is 164 g/mol. The minimum Gasteiger partial charge on any atom is -0.379 e. The van der Waals surface area contributed by atoms with E-state index in [0.717, 1.165) is 32.8 Å². The summed E-state index contributed by atoms with van der Waals surface area (Å²) in [5, 5.41) is 0. The van der Waals surface area contributed by atoms with Crippen molar-refractivity contribution in [3.05, 3.63) is 0 Å². The van der Waals surface area contributed by atoms with Crippen LogP contribution in [0.1, 0.15) is 20.3 Å². The number of aliphatic imine (C=N–C) groups is 1.